The van der Waals surface area contributed by atoms with E-state index in [1.54, 1.807) is 12.1 Å². The minimum absolute atomic E-state index is 0.0583. The summed E-state index contributed by atoms with van der Waals surface area (Å²) < 4.78 is 38.3. The molecule has 0 amide bonds. The first-order valence-electron chi connectivity index (χ1n) is 6.29. The standard InChI is InChI=1S/C16H14F3NO/c1-15(20,16(17,18)19)14(21)13-9-7-12(8-10-13)11-5-3-2-4-6-11/h2-10H,20H2,1H3. The Morgan fingerprint density at radius 3 is 1.86 bits per heavy atom. The molecular formula is C16H14F3NO. The van der Waals surface area contributed by atoms with Gasteiger partial charge in [0.05, 0.1) is 0 Å². The summed E-state index contributed by atoms with van der Waals surface area (Å²) in [6.07, 6.45) is -4.79. The van der Waals surface area contributed by atoms with Crippen LogP contribution < -0.4 is 5.73 Å². The van der Waals surface area contributed by atoms with Crippen LogP contribution in [0.1, 0.15) is 17.3 Å². The van der Waals surface area contributed by atoms with E-state index in [-0.39, 0.29) is 5.56 Å². The summed E-state index contributed by atoms with van der Waals surface area (Å²) in [7, 11) is 0. The summed E-state index contributed by atoms with van der Waals surface area (Å²) in [6.45, 7) is 0.681. The number of halogens is 3. The van der Waals surface area contributed by atoms with Gasteiger partial charge in [-0.2, -0.15) is 13.2 Å². The van der Waals surface area contributed by atoms with Crippen molar-refractivity contribution in [3.05, 3.63) is 60.2 Å². The molecule has 5 heteroatoms. The van der Waals surface area contributed by atoms with Gasteiger partial charge in [-0.05, 0) is 18.1 Å². The lowest BCUT2D eigenvalue weighted by Gasteiger charge is -2.26. The summed E-state index contributed by atoms with van der Waals surface area (Å²) in [6, 6.07) is 15.3. The van der Waals surface area contributed by atoms with Crippen molar-refractivity contribution >= 4 is 5.78 Å². The van der Waals surface area contributed by atoms with Crippen LogP contribution in [0.25, 0.3) is 11.1 Å². The highest BCUT2D eigenvalue weighted by Gasteiger charge is 2.53. The van der Waals surface area contributed by atoms with Crippen LogP contribution in [-0.2, 0) is 0 Å². The van der Waals surface area contributed by atoms with Gasteiger partial charge in [0.15, 0.2) is 11.3 Å². The number of hydrogen-bond acceptors (Lipinski definition) is 2. The molecule has 1 atom stereocenters. The molecule has 0 aromatic heterocycles. The molecule has 0 saturated heterocycles. The van der Waals surface area contributed by atoms with Gasteiger partial charge in [0.2, 0.25) is 0 Å². The maximum Gasteiger partial charge on any atom is 0.413 e. The van der Waals surface area contributed by atoms with Crippen molar-refractivity contribution in [2.75, 3.05) is 0 Å². The van der Waals surface area contributed by atoms with Crippen molar-refractivity contribution in [1.82, 2.24) is 0 Å². The molecule has 0 radical (unpaired) electrons. The predicted octanol–water partition coefficient (Wildman–Crippen LogP) is 3.82. The molecule has 0 fully saturated rings. The zero-order chi connectivity index (χ0) is 15.7. The highest BCUT2D eigenvalue weighted by molar-refractivity contribution is 6.03. The van der Waals surface area contributed by atoms with Crippen LogP contribution in [-0.4, -0.2) is 17.5 Å². The number of carbonyl (C=O) groups is 1. The van der Waals surface area contributed by atoms with Crippen LogP contribution in [0.3, 0.4) is 0 Å². The number of Topliss-reactive ketones (excluding diaryl/α,β-unsaturated/α-hetero) is 1. The van der Waals surface area contributed by atoms with Crippen LogP contribution in [0.5, 0.6) is 0 Å². The average molecular weight is 293 g/mol. The van der Waals surface area contributed by atoms with E-state index in [4.69, 9.17) is 5.73 Å². The van der Waals surface area contributed by atoms with Gasteiger partial charge in [0, 0.05) is 5.56 Å². The van der Waals surface area contributed by atoms with Crippen LogP contribution in [0.2, 0.25) is 0 Å². The summed E-state index contributed by atoms with van der Waals surface area (Å²) in [5.41, 5.74) is 3.93. The minimum atomic E-state index is -4.79. The van der Waals surface area contributed by atoms with Crippen molar-refractivity contribution < 1.29 is 18.0 Å². The van der Waals surface area contributed by atoms with Crippen molar-refractivity contribution in [3.63, 3.8) is 0 Å². The van der Waals surface area contributed by atoms with E-state index in [1.807, 2.05) is 30.3 Å². The number of hydrogen-bond donors (Lipinski definition) is 1. The fourth-order valence-corrected chi connectivity index (χ4v) is 1.87. The van der Waals surface area contributed by atoms with Crippen LogP contribution in [0, 0.1) is 0 Å². The van der Waals surface area contributed by atoms with Crippen molar-refractivity contribution in [1.29, 1.82) is 0 Å². The van der Waals surface area contributed by atoms with Gasteiger partial charge >= 0.3 is 6.18 Å². The average Bonchev–Trinajstić information content (AvgIpc) is 2.46. The molecule has 1 unspecified atom stereocenters. The number of carbonyl (C=O) groups excluding carboxylic acids is 1. The Morgan fingerprint density at radius 2 is 1.38 bits per heavy atom. The molecule has 2 nitrogen and oxygen atoms in total. The number of benzene rings is 2. The molecule has 0 bridgehead atoms. The molecule has 2 aromatic carbocycles. The first-order chi connectivity index (χ1) is 9.73. The largest absolute Gasteiger partial charge is 0.413 e. The van der Waals surface area contributed by atoms with E-state index in [2.05, 4.69) is 0 Å². The van der Waals surface area contributed by atoms with Gasteiger partial charge in [-0.15, -0.1) is 0 Å². The highest BCUT2D eigenvalue weighted by Crippen LogP contribution is 2.31. The maximum atomic E-state index is 12.8. The Bertz CT molecular complexity index is 631. The van der Waals surface area contributed by atoms with Crippen molar-refractivity contribution in [3.8, 4) is 11.1 Å². The normalized spacial score (nSPS) is 14.5. The third-order valence-electron chi connectivity index (χ3n) is 3.31. The molecular weight excluding hydrogens is 279 g/mol. The fourth-order valence-electron chi connectivity index (χ4n) is 1.87. The second-order valence-corrected chi connectivity index (χ2v) is 4.97. The molecule has 0 aliphatic carbocycles. The van der Waals surface area contributed by atoms with E-state index in [0.29, 0.717) is 6.92 Å². The summed E-state index contributed by atoms with van der Waals surface area (Å²) in [4.78, 5) is 11.9. The molecule has 2 N–H and O–H groups in total. The second-order valence-electron chi connectivity index (χ2n) is 4.97. The summed E-state index contributed by atoms with van der Waals surface area (Å²) in [5.74, 6) is -1.14. The summed E-state index contributed by atoms with van der Waals surface area (Å²) >= 11 is 0. The smallest absolute Gasteiger partial charge is 0.311 e. The van der Waals surface area contributed by atoms with Crippen LogP contribution >= 0.6 is 0 Å². The summed E-state index contributed by atoms with van der Waals surface area (Å²) in [5, 5.41) is 0. The van der Waals surface area contributed by atoms with Crippen molar-refractivity contribution in [2.24, 2.45) is 5.73 Å². The van der Waals surface area contributed by atoms with Gasteiger partial charge in [0.1, 0.15) is 0 Å². The Kier molecular flexibility index (Phi) is 3.87. The first kappa shape index (κ1) is 15.3. The van der Waals surface area contributed by atoms with Crippen LogP contribution in [0.4, 0.5) is 13.2 Å². The fraction of sp³-hybridized carbons (Fsp3) is 0.188. The topological polar surface area (TPSA) is 43.1 Å². The lowest BCUT2D eigenvalue weighted by molar-refractivity contribution is -0.165. The molecule has 0 aliphatic heterocycles. The van der Waals surface area contributed by atoms with Crippen LogP contribution in [0.15, 0.2) is 54.6 Å². The van der Waals surface area contributed by atoms with Crippen molar-refractivity contribution in [2.45, 2.75) is 18.6 Å². The molecule has 2 aromatic rings. The quantitative estimate of drug-likeness (QED) is 0.874. The van der Waals surface area contributed by atoms with E-state index in [9.17, 15) is 18.0 Å². The molecule has 21 heavy (non-hydrogen) atoms. The third kappa shape index (κ3) is 2.97. The number of nitrogens with two attached hydrogens (primary N) is 1. The number of ketones is 1. The Labute approximate surface area is 120 Å². The number of rotatable bonds is 3. The molecule has 0 aliphatic rings. The second kappa shape index (κ2) is 5.33. The first-order valence-corrected chi connectivity index (χ1v) is 6.29. The zero-order valence-corrected chi connectivity index (χ0v) is 11.3. The monoisotopic (exact) mass is 293 g/mol. The minimum Gasteiger partial charge on any atom is -0.311 e. The highest BCUT2D eigenvalue weighted by atomic mass is 19.4. The predicted molar refractivity (Wildman–Crippen MR) is 74.9 cm³/mol. The molecule has 0 spiro atoms. The van der Waals surface area contributed by atoms with Gasteiger partial charge in [-0.1, -0.05) is 54.6 Å². The van der Waals surface area contributed by atoms with E-state index in [1.165, 1.54) is 12.1 Å². The lowest BCUT2D eigenvalue weighted by atomic mass is 9.90. The Hall–Kier alpha value is -2.14. The van der Waals surface area contributed by atoms with Gasteiger partial charge in [0.25, 0.3) is 0 Å². The Balaban J connectivity index is 2.30. The maximum absolute atomic E-state index is 12.8. The molecule has 2 rings (SSSR count). The van der Waals surface area contributed by atoms with E-state index < -0.39 is 17.5 Å². The molecule has 110 valence electrons. The number of alkyl halides is 3. The Morgan fingerprint density at radius 1 is 0.905 bits per heavy atom. The van der Waals surface area contributed by atoms with Gasteiger partial charge in [-0.25, -0.2) is 0 Å². The lowest BCUT2D eigenvalue weighted by Crippen LogP contribution is -2.57. The third-order valence-corrected chi connectivity index (χ3v) is 3.31. The van der Waals surface area contributed by atoms with E-state index >= 15 is 0 Å². The molecule has 0 heterocycles. The van der Waals surface area contributed by atoms with Gasteiger partial charge in [-0.3, -0.25) is 4.79 Å². The zero-order valence-electron chi connectivity index (χ0n) is 11.3. The SMILES string of the molecule is CC(N)(C(=O)c1ccc(-c2ccccc2)cc1)C(F)(F)F. The van der Waals surface area contributed by atoms with Gasteiger partial charge < -0.3 is 5.73 Å². The molecule has 0 saturated carbocycles. The van der Waals surface area contributed by atoms with E-state index in [0.717, 1.165) is 11.1 Å².